The van der Waals surface area contributed by atoms with E-state index < -0.39 is 22.5 Å². The smallest absolute Gasteiger partial charge is 0.336 e. The fourth-order valence-electron chi connectivity index (χ4n) is 3.56. The summed E-state index contributed by atoms with van der Waals surface area (Å²) >= 11 is 0. The quantitative estimate of drug-likeness (QED) is 0.0903. The van der Waals surface area contributed by atoms with Crippen LogP contribution in [0, 0.1) is 10.1 Å². The molecule has 0 atom stereocenters. The highest BCUT2D eigenvalue weighted by Gasteiger charge is 2.20. The minimum absolute atomic E-state index is 0.138. The van der Waals surface area contributed by atoms with Crippen LogP contribution in [0.25, 0.3) is 16.8 Å². The fourth-order valence-corrected chi connectivity index (χ4v) is 3.56. The van der Waals surface area contributed by atoms with Gasteiger partial charge in [0.25, 0.3) is 5.91 Å². The highest BCUT2D eigenvalue weighted by molar-refractivity contribution is 6.07. The van der Waals surface area contributed by atoms with Crippen molar-refractivity contribution in [1.29, 1.82) is 0 Å². The van der Waals surface area contributed by atoms with Gasteiger partial charge in [-0.25, -0.2) is 10.2 Å². The number of nitro groups is 1. The number of amides is 1. The summed E-state index contributed by atoms with van der Waals surface area (Å²) in [5.41, 5.74) is 3.27. The van der Waals surface area contributed by atoms with Crippen LogP contribution in [-0.2, 0) is 4.79 Å². The van der Waals surface area contributed by atoms with Gasteiger partial charge in [-0.2, -0.15) is 5.10 Å². The van der Waals surface area contributed by atoms with Gasteiger partial charge in [0.1, 0.15) is 5.75 Å². The predicted octanol–water partition coefficient (Wildman–Crippen LogP) is 5.14. The van der Waals surface area contributed by atoms with Gasteiger partial charge < -0.3 is 9.47 Å². The first-order valence-electron chi connectivity index (χ1n) is 11.1. The molecular formula is C28H21N3O6. The number of fused-ring (bicyclic) bond motifs is 1. The van der Waals surface area contributed by atoms with Gasteiger partial charge in [-0.15, -0.1) is 0 Å². The van der Waals surface area contributed by atoms with E-state index in [9.17, 15) is 19.7 Å². The Labute approximate surface area is 211 Å². The number of ether oxygens (including phenoxy) is 2. The lowest BCUT2D eigenvalue weighted by Gasteiger charge is -2.07. The van der Waals surface area contributed by atoms with Crippen molar-refractivity contribution >= 4 is 40.6 Å². The van der Waals surface area contributed by atoms with E-state index in [0.717, 1.165) is 16.8 Å². The molecule has 1 amide bonds. The van der Waals surface area contributed by atoms with Crippen LogP contribution in [0.4, 0.5) is 5.69 Å². The van der Waals surface area contributed by atoms with Gasteiger partial charge in [0, 0.05) is 23.3 Å². The molecule has 0 bridgehead atoms. The van der Waals surface area contributed by atoms with E-state index in [2.05, 4.69) is 10.5 Å². The van der Waals surface area contributed by atoms with Crippen molar-refractivity contribution in [3.8, 4) is 11.5 Å². The van der Waals surface area contributed by atoms with E-state index in [0.29, 0.717) is 16.9 Å². The van der Waals surface area contributed by atoms with Crippen LogP contribution in [0.15, 0.2) is 96.1 Å². The summed E-state index contributed by atoms with van der Waals surface area (Å²) in [5, 5.41) is 17.1. The summed E-state index contributed by atoms with van der Waals surface area (Å²) in [6.45, 7) is 0. The Balaban J connectivity index is 1.52. The second-order valence-electron chi connectivity index (χ2n) is 7.71. The summed E-state index contributed by atoms with van der Waals surface area (Å²) in [5.74, 6) is -0.907. The number of rotatable bonds is 8. The van der Waals surface area contributed by atoms with Crippen molar-refractivity contribution in [3.63, 3.8) is 0 Å². The number of hydrogen-bond acceptors (Lipinski definition) is 7. The van der Waals surface area contributed by atoms with Gasteiger partial charge in [0.2, 0.25) is 5.75 Å². The maximum absolute atomic E-state index is 12.7. The summed E-state index contributed by atoms with van der Waals surface area (Å²) in [6.07, 6.45) is 3.85. The predicted molar refractivity (Wildman–Crippen MR) is 140 cm³/mol. The van der Waals surface area contributed by atoms with Crippen molar-refractivity contribution in [1.82, 2.24) is 5.43 Å². The number of nitrogens with zero attached hydrogens (tertiary/aromatic N) is 2. The van der Waals surface area contributed by atoms with Crippen LogP contribution < -0.4 is 14.9 Å². The molecule has 9 nitrogen and oxygen atoms in total. The lowest BCUT2D eigenvalue weighted by molar-refractivity contribution is -0.385. The zero-order chi connectivity index (χ0) is 26.2. The van der Waals surface area contributed by atoms with E-state index in [4.69, 9.17) is 9.47 Å². The Bertz CT molecular complexity index is 1520. The number of hydrazone groups is 1. The molecule has 4 aromatic rings. The molecule has 0 spiro atoms. The van der Waals surface area contributed by atoms with E-state index in [1.54, 1.807) is 43.5 Å². The van der Waals surface area contributed by atoms with Crippen LogP contribution in [0.3, 0.4) is 0 Å². The molecule has 184 valence electrons. The maximum atomic E-state index is 12.7. The summed E-state index contributed by atoms with van der Waals surface area (Å²) in [4.78, 5) is 36.1. The van der Waals surface area contributed by atoms with E-state index in [-0.39, 0.29) is 11.3 Å². The standard InChI is InChI=1S/C28H21N3O6/c1-36-22-15-12-19(13-16-22)14-17-26(32)37-27-21(8-5-11-25(27)31(34)35)18-29-30-28(33)24-10-4-7-20-6-2-3-9-23(20)24/h2-18H,1H3,(H,30,33)/b17-14+,29-18+. The lowest BCUT2D eigenvalue weighted by atomic mass is 10.0. The summed E-state index contributed by atoms with van der Waals surface area (Å²) < 4.78 is 10.4. The molecule has 0 saturated heterocycles. The zero-order valence-electron chi connectivity index (χ0n) is 19.7. The van der Waals surface area contributed by atoms with Gasteiger partial charge in [0.05, 0.1) is 18.2 Å². The number of nitro benzene ring substituents is 1. The van der Waals surface area contributed by atoms with Crippen LogP contribution in [0.5, 0.6) is 11.5 Å². The normalized spacial score (nSPS) is 11.1. The number of carbonyl (C=O) groups is 2. The lowest BCUT2D eigenvalue weighted by Crippen LogP contribution is -2.18. The van der Waals surface area contributed by atoms with Gasteiger partial charge >= 0.3 is 11.7 Å². The van der Waals surface area contributed by atoms with Gasteiger partial charge in [-0.1, -0.05) is 54.6 Å². The number of benzene rings is 4. The van der Waals surface area contributed by atoms with Gasteiger partial charge in [-0.3, -0.25) is 14.9 Å². The Hall–Kier alpha value is -5.31. The van der Waals surface area contributed by atoms with E-state index >= 15 is 0 Å². The molecule has 0 aliphatic heterocycles. The molecule has 9 heteroatoms. The summed E-state index contributed by atoms with van der Waals surface area (Å²) in [7, 11) is 1.55. The second kappa shape index (κ2) is 11.4. The van der Waals surface area contributed by atoms with Crippen molar-refractivity contribution in [3.05, 3.63) is 118 Å². The Morgan fingerprint density at radius 3 is 2.43 bits per heavy atom. The van der Waals surface area contributed by atoms with Crippen LogP contribution >= 0.6 is 0 Å². The highest BCUT2D eigenvalue weighted by Crippen LogP contribution is 2.30. The minimum Gasteiger partial charge on any atom is -0.497 e. The molecule has 37 heavy (non-hydrogen) atoms. The molecule has 4 rings (SSSR count). The third kappa shape index (κ3) is 6.04. The van der Waals surface area contributed by atoms with Crippen molar-refractivity contribution in [2.24, 2.45) is 5.10 Å². The SMILES string of the molecule is COc1ccc(/C=C/C(=O)Oc2c(/C=N/NC(=O)c3cccc4ccccc34)cccc2[N+](=O)[O-])cc1. The van der Waals surface area contributed by atoms with E-state index in [1.807, 2.05) is 30.3 Å². The average Bonchev–Trinajstić information content (AvgIpc) is 2.92. The number of hydrogen-bond donors (Lipinski definition) is 1. The third-order valence-electron chi connectivity index (χ3n) is 5.36. The van der Waals surface area contributed by atoms with Gasteiger partial charge in [0.15, 0.2) is 0 Å². The largest absolute Gasteiger partial charge is 0.497 e. The first-order chi connectivity index (χ1) is 18.0. The number of para-hydroxylation sites is 1. The molecule has 0 aliphatic carbocycles. The Morgan fingerprint density at radius 2 is 1.68 bits per heavy atom. The molecule has 0 fully saturated rings. The first-order valence-corrected chi connectivity index (χ1v) is 11.1. The molecule has 0 saturated carbocycles. The molecule has 0 unspecified atom stereocenters. The van der Waals surface area contributed by atoms with Crippen LogP contribution in [0.1, 0.15) is 21.5 Å². The molecule has 0 aromatic heterocycles. The van der Waals surface area contributed by atoms with Crippen LogP contribution in [-0.4, -0.2) is 30.1 Å². The van der Waals surface area contributed by atoms with Crippen molar-refractivity contribution < 1.29 is 24.0 Å². The van der Waals surface area contributed by atoms with E-state index in [1.165, 1.54) is 30.5 Å². The van der Waals surface area contributed by atoms with Crippen molar-refractivity contribution in [2.45, 2.75) is 0 Å². The molecule has 1 N–H and O–H groups in total. The molecule has 0 radical (unpaired) electrons. The number of esters is 1. The topological polar surface area (TPSA) is 120 Å². The van der Waals surface area contributed by atoms with Crippen molar-refractivity contribution in [2.75, 3.05) is 7.11 Å². The third-order valence-corrected chi connectivity index (χ3v) is 5.36. The molecule has 0 heterocycles. The zero-order valence-corrected chi connectivity index (χ0v) is 19.7. The monoisotopic (exact) mass is 495 g/mol. The number of nitrogens with one attached hydrogen (secondary N) is 1. The fraction of sp³-hybridized carbons (Fsp3) is 0.0357. The van der Waals surface area contributed by atoms with Gasteiger partial charge in [-0.05, 0) is 46.7 Å². The maximum Gasteiger partial charge on any atom is 0.336 e. The Morgan fingerprint density at radius 1 is 0.946 bits per heavy atom. The Kier molecular flexibility index (Phi) is 7.65. The van der Waals surface area contributed by atoms with Crippen LogP contribution in [0.2, 0.25) is 0 Å². The number of carbonyl (C=O) groups excluding carboxylic acids is 2. The molecule has 4 aromatic carbocycles. The summed E-state index contributed by atoms with van der Waals surface area (Å²) in [6, 6.07) is 23.8. The number of methoxy groups -OCH3 is 1. The first kappa shape index (κ1) is 24.8. The molecule has 0 aliphatic rings. The average molecular weight is 495 g/mol. The highest BCUT2D eigenvalue weighted by atomic mass is 16.6. The molecular weight excluding hydrogens is 474 g/mol. The second-order valence-corrected chi connectivity index (χ2v) is 7.71. The minimum atomic E-state index is -0.820.